The van der Waals surface area contributed by atoms with E-state index >= 15 is 0 Å². The van der Waals surface area contributed by atoms with Crippen LogP contribution in [0.15, 0.2) is 72.8 Å². The molecule has 5 nitrogen and oxygen atoms in total. The van der Waals surface area contributed by atoms with Crippen LogP contribution < -0.4 is 15.2 Å². The maximum atomic E-state index is 10.7. The average Bonchev–Trinajstić information content (AvgIpc) is 2.69. The van der Waals surface area contributed by atoms with Crippen molar-refractivity contribution in [3.05, 3.63) is 88.4 Å². The van der Waals surface area contributed by atoms with Crippen molar-refractivity contribution in [2.45, 2.75) is 19.6 Å². The molecular weight excluding hydrogens is 413 g/mol. The van der Waals surface area contributed by atoms with E-state index in [2.05, 4.69) is 0 Å². The summed E-state index contributed by atoms with van der Waals surface area (Å²) in [5.74, 6) is 0.254. The van der Waals surface area contributed by atoms with E-state index in [1.807, 2.05) is 18.2 Å². The van der Waals surface area contributed by atoms with Gasteiger partial charge in [0.15, 0.2) is 6.10 Å². The number of ether oxygens (including phenoxy) is 2. The Morgan fingerprint density at radius 1 is 0.966 bits per heavy atom. The Bertz CT molecular complexity index is 898. The van der Waals surface area contributed by atoms with Crippen molar-refractivity contribution >= 4 is 34.9 Å². The van der Waals surface area contributed by atoms with Gasteiger partial charge in [-0.25, -0.2) is 4.79 Å². The van der Waals surface area contributed by atoms with Gasteiger partial charge in [-0.3, -0.25) is 0 Å². The van der Waals surface area contributed by atoms with Crippen LogP contribution in [0.3, 0.4) is 0 Å². The summed E-state index contributed by atoms with van der Waals surface area (Å²) in [6.45, 7) is 1.90. The molecule has 1 unspecified atom stereocenters. The van der Waals surface area contributed by atoms with Crippen LogP contribution in [0.4, 0.5) is 5.69 Å². The number of carboxylic acids is 1. The lowest BCUT2D eigenvalue weighted by Gasteiger charge is -2.11. The van der Waals surface area contributed by atoms with Crippen LogP contribution in [-0.4, -0.2) is 17.2 Å². The molecule has 0 aliphatic rings. The van der Waals surface area contributed by atoms with Crippen LogP contribution in [0.5, 0.6) is 11.5 Å². The third-order valence-electron chi connectivity index (χ3n) is 3.65. The van der Waals surface area contributed by atoms with E-state index in [1.54, 1.807) is 54.6 Å². The summed E-state index contributed by atoms with van der Waals surface area (Å²) in [5.41, 5.74) is 7.04. The molecule has 0 spiro atoms. The third kappa shape index (κ3) is 8.34. The number of benzene rings is 3. The van der Waals surface area contributed by atoms with Gasteiger partial charge in [-0.1, -0.05) is 41.4 Å². The number of nitrogen functional groups attached to an aromatic ring is 1. The Hall–Kier alpha value is -2.89. The summed E-state index contributed by atoms with van der Waals surface area (Å²) in [6, 6.07) is 21.4. The molecule has 29 heavy (non-hydrogen) atoms. The van der Waals surface area contributed by atoms with Gasteiger partial charge >= 0.3 is 5.97 Å². The molecule has 3 N–H and O–H groups in total. The molecule has 0 amide bonds. The van der Waals surface area contributed by atoms with Crippen molar-refractivity contribution in [2.24, 2.45) is 0 Å². The fraction of sp³-hybridized carbons (Fsp3) is 0.136. The lowest BCUT2D eigenvalue weighted by atomic mass is 10.2. The third-order valence-corrected chi connectivity index (χ3v) is 4.14. The molecule has 7 heteroatoms. The molecule has 152 valence electrons. The molecule has 0 saturated heterocycles. The summed E-state index contributed by atoms with van der Waals surface area (Å²) in [6.07, 6.45) is -0.874. The molecule has 0 bridgehead atoms. The minimum absolute atomic E-state index is 0.413. The first-order valence-electron chi connectivity index (χ1n) is 8.71. The molecule has 3 rings (SSSR count). The summed E-state index contributed by atoms with van der Waals surface area (Å²) in [5, 5.41) is 10.1. The first-order chi connectivity index (χ1) is 13.8. The fourth-order valence-electron chi connectivity index (χ4n) is 2.12. The summed E-state index contributed by atoms with van der Waals surface area (Å²) < 4.78 is 10.9. The van der Waals surface area contributed by atoms with E-state index in [0.29, 0.717) is 28.1 Å². The number of hydrogen-bond donors (Lipinski definition) is 2. The minimum Gasteiger partial charge on any atom is -0.489 e. The molecule has 0 aromatic heterocycles. The normalized spacial score (nSPS) is 11.0. The Morgan fingerprint density at radius 3 is 2.10 bits per heavy atom. The smallest absolute Gasteiger partial charge is 0.344 e. The number of carbonyl (C=O) groups is 1. The number of rotatable bonds is 6. The molecule has 1 atom stereocenters. The average molecular weight is 434 g/mol. The zero-order chi connectivity index (χ0) is 21.2. The second-order valence-electron chi connectivity index (χ2n) is 6.04. The molecule has 0 saturated carbocycles. The first-order valence-corrected chi connectivity index (χ1v) is 9.47. The molecular formula is C22H21Cl2NO4. The molecule has 0 aliphatic heterocycles. The lowest BCUT2D eigenvalue weighted by Crippen LogP contribution is -2.22. The minimum atomic E-state index is -0.995. The van der Waals surface area contributed by atoms with E-state index in [1.165, 1.54) is 6.92 Å². The van der Waals surface area contributed by atoms with Gasteiger partial charge in [-0.05, 0) is 67.1 Å². The molecule has 3 aromatic carbocycles. The van der Waals surface area contributed by atoms with Crippen molar-refractivity contribution in [3.8, 4) is 11.5 Å². The zero-order valence-corrected chi connectivity index (χ0v) is 17.2. The first kappa shape index (κ1) is 22.4. The SMILES string of the molecule is CC(Oc1ccc(COc2ccc(Cl)cc2)cc1)C(=O)O.Nc1cccc(Cl)c1. The Labute approximate surface area is 179 Å². The topological polar surface area (TPSA) is 81.8 Å². The number of hydrogen-bond acceptors (Lipinski definition) is 4. The Morgan fingerprint density at radius 2 is 1.59 bits per heavy atom. The predicted molar refractivity (Wildman–Crippen MR) is 116 cm³/mol. The Balaban J connectivity index is 0.000000313. The van der Waals surface area contributed by atoms with Crippen LogP contribution in [-0.2, 0) is 11.4 Å². The highest BCUT2D eigenvalue weighted by Crippen LogP contribution is 2.18. The predicted octanol–water partition coefficient (Wildman–Crippen LogP) is 5.69. The van der Waals surface area contributed by atoms with Gasteiger partial charge < -0.3 is 20.3 Å². The van der Waals surface area contributed by atoms with Gasteiger partial charge in [-0.15, -0.1) is 0 Å². The standard InChI is InChI=1S/C16H15ClO4.C6H6ClN/c1-11(16(18)19)21-15-6-2-12(3-7-15)10-20-14-8-4-13(17)5-9-14;7-5-2-1-3-6(8)4-5/h2-9,11H,10H2,1H3,(H,18,19);1-4H,8H2. The molecule has 3 aromatic rings. The number of halogens is 2. The summed E-state index contributed by atoms with van der Waals surface area (Å²) in [7, 11) is 0. The van der Waals surface area contributed by atoms with Gasteiger partial charge in [-0.2, -0.15) is 0 Å². The van der Waals surface area contributed by atoms with E-state index in [-0.39, 0.29) is 0 Å². The highest BCUT2D eigenvalue weighted by atomic mass is 35.5. The molecule has 0 radical (unpaired) electrons. The molecule has 0 fully saturated rings. The quantitative estimate of drug-likeness (QED) is 0.487. The number of aliphatic carboxylic acids is 1. The van der Waals surface area contributed by atoms with Crippen LogP contribution >= 0.6 is 23.2 Å². The van der Waals surface area contributed by atoms with E-state index in [9.17, 15) is 4.79 Å². The van der Waals surface area contributed by atoms with Crippen LogP contribution in [0.1, 0.15) is 12.5 Å². The second kappa shape index (κ2) is 11.2. The van der Waals surface area contributed by atoms with Crippen molar-refractivity contribution < 1.29 is 19.4 Å². The van der Waals surface area contributed by atoms with Crippen LogP contribution in [0, 0.1) is 0 Å². The maximum Gasteiger partial charge on any atom is 0.344 e. The Kier molecular flexibility index (Phi) is 8.65. The van der Waals surface area contributed by atoms with Crippen molar-refractivity contribution in [3.63, 3.8) is 0 Å². The van der Waals surface area contributed by atoms with E-state index in [4.69, 9.17) is 43.5 Å². The van der Waals surface area contributed by atoms with E-state index in [0.717, 1.165) is 11.3 Å². The highest BCUT2D eigenvalue weighted by Gasteiger charge is 2.11. The van der Waals surface area contributed by atoms with Gasteiger partial charge in [0.2, 0.25) is 0 Å². The van der Waals surface area contributed by atoms with E-state index < -0.39 is 12.1 Å². The zero-order valence-electron chi connectivity index (χ0n) is 15.7. The van der Waals surface area contributed by atoms with Crippen LogP contribution in [0.2, 0.25) is 10.0 Å². The van der Waals surface area contributed by atoms with Gasteiger partial charge in [0.25, 0.3) is 0 Å². The molecule has 0 heterocycles. The summed E-state index contributed by atoms with van der Waals surface area (Å²) >= 11 is 11.4. The highest BCUT2D eigenvalue weighted by molar-refractivity contribution is 6.31. The number of nitrogens with two attached hydrogens (primary N) is 1. The van der Waals surface area contributed by atoms with Crippen molar-refractivity contribution in [1.82, 2.24) is 0 Å². The van der Waals surface area contributed by atoms with Gasteiger partial charge in [0.1, 0.15) is 18.1 Å². The van der Waals surface area contributed by atoms with Gasteiger partial charge in [0, 0.05) is 15.7 Å². The monoisotopic (exact) mass is 433 g/mol. The van der Waals surface area contributed by atoms with Crippen LogP contribution in [0.25, 0.3) is 0 Å². The summed E-state index contributed by atoms with van der Waals surface area (Å²) in [4.78, 5) is 10.7. The maximum absolute atomic E-state index is 10.7. The lowest BCUT2D eigenvalue weighted by molar-refractivity contribution is -0.144. The van der Waals surface area contributed by atoms with Crippen molar-refractivity contribution in [2.75, 3.05) is 5.73 Å². The fourth-order valence-corrected chi connectivity index (χ4v) is 2.45. The van der Waals surface area contributed by atoms with Gasteiger partial charge in [0.05, 0.1) is 0 Å². The van der Waals surface area contributed by atoms with Crippen molar-refractivity contribution in [1.29, 1.82) is 0 Å². The number of carboxylic acid groups (broad SMARTS) is 1. The largest absolute Gasteiger partial charge is 0.489 e. The number of anilines is 1. The second-order valence-corrected chi connectivity index (χ2v) is 6.91. The molecule has 0 aliphatic carbocycles.